The van der Waals surface area contributed by atoms with Gasteiger partial charge in [-0.3, -0.25) is 14.9 Å². The molecule has 12 heteroatoms. The Kier molecular flexibility index (Phi) is 8.97. The number of amides is 4. The van der Waals surface area contributed by atoms with E-state index in [1.165, 1.54) is 6.08 Å². The molecule has 1 saturated heterocycles. The summed E-state index contributed by atoms with van der Waals surface area (Å²) < 4.78 is 52.4. The number of nitrogens with one attached hydrogen (secondary N) is 1. The van der Waals surface area contributed by atoms with Crippen molar-refractivity contribution < 1.29 is 37.0 Å². The highest BCUT2D eigenvalue weighted by atomic mass is 127. The number of imide groups is 2. The first-order valence-electron chi connectivity index (χ1n) is 12.2. The Morgan fingerprint density at radius 3 is 2.32 bits per heavy atom. The van der Waals surface area contributed by atoms with Crippen LogP contribution in [0, 0.1) is 17.4 Å². The quantitative estimate of drug-likeness (QED) is 0.160. The molecule has 0 bridgehead atoms. The molecule has 0 aliphatic carbocycles. The van der Waals surface area contributed by atoms with Crippen LogP contribution in [0.2, 0.25) is 5.02 Å². The Balaban J connectivity index is 1.70. The van der Waals surface area contributed by atoms with Gasteiger partial charge in [0.05, 0.1) is 26.5 Å². The fourth-order valence-electron chi connectivity index (χ4n) is 4.29. The Morgan fingerprint density at radius 1 is 1.00 bits per heavy atom. The first-order valence-corrected chi connectivity index (χ1v) is 13.7. The van der Waals surface area contributed by atoms with Crippen LogP contribution in [0.25, 0.3) is 6.08 Å². The third-order valence-corrected chi connectivity index (χ3v) is 7.04. The molecule has 3 aromatic rings. The van der Waals surface area contributed by atoms with E-state index in [1.807, 2.05) is 53.9 Å². The summed E-state index contributed by atoms with van der Waals surface area (Å²) in [7, 11) is 0. The van der Waals surface area contributed by atoms with Crippen LogP contribution in [0.15, 0.2) is 54.1 Å². The van der Waals surface area contributed by atoms with E-state index in [4.69, 9.17) is 21.1 Å². The number of nitrogens with zero attached hydrogens (tertiary/aromatic N) is 1. The summed E-state index contributed by atoms with van der Waals surface area (Å²) in [5, 5.41) is 1.70. The lowest BCUT2D eigenvalue weighted by atomic mass is 10.1. The molecular weight excluding hydrogens is 676 g/mol. The standard InChI is InChI=1S/C29H23ClF3IN2O5/c1-4-40-24-12-17(11-22(34)25(24)41-14-18-8-15(2)7-16(3)9-18)10-20-26(37)35-28(39)36(27(20)38)23-13-19(29(31,32)33)5-6-21(23)30/h5-13H,4,14H2,1-3H3,(H,35,37,39)/b20-10-. The summed E-state index contributed by atoms with van der Waals surface area (Å²) in [6.45, 7) is 6.34. The van der Waals surface area contributed by atoms with Crippen molar-refractivity contribution in [2.45, 2.75) is 33.6 Å². The highest BCUT2D eigenvalue weighted by Gasteiger charge is 2.39. The number of ether oxygens (including phenoxy) is 2. The zero-order valence-electron chi connectivity index (χ0n) is 22.0. The monoisotopic (exact) mass is 698 g/mol. The largest absolute Gasteiger partial charge is 0.490 e. The fourth-order valence-corrected chi connectivity index (χ4v) is 5.27. The van der Waals surface area contributed by atoms with E-state index in [-0.39, 0.29) is 11.6 Å². The maximum Gasteiger partial charge on any atom is 0.416 e. The van der Waals surface area contributed by atoms with Crippen molar-refractivity contribution in [1.29, 1.82) is 0 Å². The third-order valence-electron chi connectivity index (χ3n) is 5.92. The molecule has 3 aromatic carbocycles. The van der Waals surface area contributed by atoms with Crippen LogP contribution in [0.1, 0.15) is 34.7 Å². The summed E-state index contributed by atoms with van der Waals surface area (Å²) in [6.07, 6.45) is -3.53. The zero-order valence-corrected chi connectivity index (χ0v) is 24.9. The predicted molar refractivity (Wildman–Crippen MR) is 156 cm³/mol. The molecule has 0 atom stereocenters. The van der Waals surface area contributed by atoms with E-state index in [1.54, 1.807) is 19.1 Å². The van der Waals surface area contributed by atoms with Crippen molar-refractivity contribution in [3.8, 4) is 11.5 Å². The van der Waals surface area contributed by atoms with Gasteiger partial charge >= 0.3 is 12.2 Å². The topological polar surface area (TPSA) is 84.9 Å². The highest BCUT2D eigenvalue weighted by molar-refractivity contribution is 14.1. The third kappa shape index (κ3) is 6.84. The van der Waals surface area contributed by atoms with E-state index < -0.39 is 40.8 Å². The summed E-state index contributed by atoms with van der Waals surface area (Å²) in [4.78, 5) is 39.0. The number of rotatable bonds is 7. The Bertz CT molecular complexity index is 1570. The van der Waals surface area contributed by atoms with E-state index in [2.05, 4.69) is 6.07 Å². The Hall–Kier alpha value is -3.58. The van der Waals surface area contributed by atoms with E-state index in [9.17, 15) is 27.6 Å². The first kappa shape index (κ1) is 30.4. The van der Waals surface area contributed by atoms with Crippen molar-refractivity contribution in [2.75, 3.05) is 11.5 Å². The predicted octanol–water partition coefficient (Wildman–Crippen LogP) is 7.22. The fraction of sp³-hybridized carbons (Fsp3) is 0.207. The molecule has 214 valence electrons. The molecule has 1 aliphatic rings. The van der Waals surface area contributed by atoms with Gasteiger partial charge in [-0.1, -0.05) is 40.9 Å². The van der Waals surface area contributed by atoms with Gasteiger partial charge in [0.2, 0.25) is 0 Å². The first-order chi connectivity index (χ1) is 19.3. The molecule has 0 spiro atoms. The molecular formula is C29H23ClF3IN2O5. The lowest BCUT2D eigenvalue weighted by Gasteiger charge is -2.27. The lowest BCUT2D eigenvalue weighted by Crippen LogP contribution is -2.54. The second-order valence-corrected chi connectivity index (χ2v) is 10.7. The molecule has 1 aliphatic heterocycles. The minimum Gasteiger partial charge on any atom is -0.490 e. The van der Waals surface area contributed by atoms with Crippen LogP contribution in [-0.4, -0.2) is 24.5 Å². The number of halogens is 5. The average molecular weight is 699 g/mol. The number of carbonyl (C=O) groups is 3. The molecule has 41 heavy (non-hydrogen) atoms. The molecule has 1 N–H and O–H groups in total. The van der Waals surface area contributed by atoms with Gasteiger partial charge in [0.25, 0.3) is 11.8 Å². The van der Waals surface area contributed by atoms with Crippen molar-refractivity contribution >= 4 is 63.8 Å². The van der Waals surface area contributed by atoms with Crippen LogP contribution < -0.4 is 19.7 Å². The number of carbonyl (C=O) groups excluding carboxylic acids is 3. The van der Waals surface area contributed by atoms with E-state index in [0.29, 0.717) is 38.2 Å². The summed E-state index contributed by atoms with van der Waals surface area (Å²) in [5.41, 5.74) is 1.41. The van der Waals surface area contributed by atoms with Crippen LogP contribution in [0.3, 0.4) is 0 Å². The average Bonchev–Trinajstić information content (AvgIpc) is 2.86. The van der Waals surface area contributed by atoms with Gasteiger partial charge in [0.1, 0.15) is 12.2 Å². The molecule has 1 heterocycles. The van der Waals surface area contributed by atoms with Crippen LogP contribution in [0.4, 0.5) is 23.7 Å². The Labute approximate surface area is 252 Å². The normalized spacial score (nSPS) is 14.9. The zero-order chi connectivity index (χ0) is 30.1. The second-order valence-electron chi connectivity index (χ2n) is 9.17. The van der Waals surface area contributed by atoms with Gasteiger partial charge in [-0.15, -0.1) is 0 Å². The molecule has 7 nitrogen and oxygen atoms in total. The lowest BCUT2D eigenvalue weighted by molar-refractivity contribution is -0.137. The van der Waals surface area contributed by atoms with Gasteiger partial charge in [-0.05, 0) is 90.9 Å². The van der Waals surface area contributed by atoms with E-state index in [0.717, 1.165) is 28.8 Å². The molecule has 0 saturated carbocycles. The van der Waals surface area contributed by atoms with Crippen molar-refractivity contribution in [3.63, 3.8) is 0 Å². The number of benzene rings is 3. The summed E-state index contributed by atoms with van der Waals surface area (Å²) in [6, 6.07) is 10.3. The maximum atomic E-state index is 13.3. The molecule has 0 aromatic heterocycles. The van der Waals surface area contributed by atoms with Crippen LogP contribution >= 0.6 is 34.2 Å². The number of hydrogen-bond donors (Lipinski definition) is 1. The SMILES string of the molecule is CCOc1cc(/C=C2/C(=O)NC(=O)N(c3cc(C(F)(F)F)ccc3Cl)C2=O)cc(I)c1OCc1cc(C)cc(C)c1. The van der Waals surface area contributed by atoms with Gasteiger partial charge < -0.3 is 9.47 Å². The van der Waals surface area contributed by atoms with Gasteiger partial charge in [0, 0.05) is 0 Å². The molecule has 4 rings (SSSR count). The number of hydrogen-bond acceptors (Lipinski definition) is 5. The number of urea groups is 1. The summed E-state index contributed by atoms with van der Waals surface area (Å²) in [5.74, 6) is -1.33. The molecule has 4 amide bonds. The minimum absolute atomic E-state index is 0.273. The smallest absolute Gasteiger partial charge is 0.416 e. The highest BCUT2D eigenvalue weighted by Crippen LogP contribution is 2.38. The van der Waals surface area contributed by atoms with Crippen molar-refractivity contribution in [2.24, 2.45) is 0 Å². The number of anilines is 1. The maximum absolute atomic E-state index is 13.3. The molecule has 0 radical (unpaired) electrons. The number of barbiturate groups is 1. The molecule has 1 fully saturated rings. The number of aryl methyl sites for hydroxylation is 2. The van der Waals surface area contributed by atoms with Gasteiger partial charge in [-0.2, -0.15) is 13.2 Å². The minimum atomic E-state index is -4.75. The Morgan fingerprint density at radius 2 is 1.68 bits per heavy atom. The van der Waals surface area contributed by atoms with Gasteiger partial charge in [0.15, 0.2) is 11.5 Å². The molecule has 0 unspecified atom stereocenters. The summed E-state index contributed by atoms with van der Waals surface area (Å²) >= 11 is 8.10. The van der Waals surface area contributed by atoms with Crippen molar-refractivity contribution in [1.82, 2.24) is 5.32 Å². The van der Waals surface area contributed by atoms with E-state index >= 15 is 0 Å². The van der Waals surface area contributed by atoms with Crippen molar-refractivity contribution in [3.05, 3.63) is 90.5 Å². The van der Waals surface area contributed by atoms with Crippen LogP contribution in [0.5, 0.6) is 11.5 Å². The second kappa shape index (κ2) is 12.1. The van der Waals surface area contributed by atoms with Gasteiger partial charge in [-0.25, -0.2) is 9.69 Å². The van der Waals surface area contributed by atoms with Crippen LogP contribution in [-0.2, 0) is 22.4 Å². The number of alkyl halides is 3.